The fourth-order valence-corrected chi connectivity index (χ4v) is 3.29. The largest absolute Gasteiger partial charge is 0.444 e. The molecule has 1 aliphatic carbocycles. The van der Waals surface area contributed by atoms with Crippen molar-refractivity contribution >= 4 is 6.09 Å². The molecular formula is C15H28N2O2. The van der Waals surface area contributed by atoms with Crippen LogP contribution < -0.4 is 10.6 Å². The van der Waals surface area contributed by atoms with E-state index in [-0.39, 0.29) is 6.09 Å². The Labute approximate surface area is 116 Å². The Hall–Kier alpha value is -0.770. The molecule has 0 aromatic rings. The predicted octanol–water partition coefficient (Wildman–Crippen LogP) is 2.68. The molecule has 1 aliphatic heterocycles. The van der Waals surface area contributed by atoms with E-state index in [0.29, 0.717) is 5.92 Å². The molecule has 1 heterocycles. The van der Waals surface area contributed by atoms with Gasteiger partial charge in [0, 0.05) is 12.6 Å². The lowest BCUT2D eigenvalue weighted by atomic mass is 9.76. The number of fused-ring (bicyclic) bond motifs is 1. The molecule has 0 spiro atoms. The van der Waals surface area contributed by atoms with Crippen LogP contribution in [0, 0.1) is 11.8 Å². The van der Waals surface area contributed by atoms with Gasteiger partial charge in [-0.15, -0.1) is 0 Å². The van der Waals surface area contributed by atoms with E-state index in [1.54, 1.807) is 0 Å². The molecule has 2 rings (SSSR count). The summed E-state index contributed by atoms with van der Waals surface area (Å²) >= 11 is 0. The highest BCUT2D eigenvalue weighted by atomic mass is 16.6. The van der Waals surface area contributed by atoms with Crippen LogP contribution in [0.2, 0.25) is 0 Å². The summed E-state index contributed by atoms with van der Waals surface area (Å²) in [5, 5.41) is 6.55. The lowest BCUT2D eigenvalue weighted by molar-refractivity contribution is 0.0508. The highest BCUT2D eigenvalue weighted by Crippen LogP contribution is 2.32. The Bertz CT molecular complexity index is 312. The topological polar surface area (TPSA) is 50.4 Å². The molecule has 1 amide bonds. The molecule has 0 bridgehead atoms. The molecule has 2 fully saturated rings. The van der Waals surface area contributed by atoms with Crippen LogP contribution in [0.25, 0.3) is 0 Å². The van der Waals surface area contributed by atoms with Crippen molar-refractivity contribution in [1.29, 1.82) is 0 Å². The van der Waals surface area contributed by atoms with Gasteiger partial charge in [0.15, 0.2) is 0 Å². The normalized spacial score (nSPS) is 31.4. The molecule has 3 atom stereocenters. The van der Waals surface area contributed by atoms with E-state index in [1.807, 2.05) is 20.8 Å². The van der Waals surface area contributed by atoms with Crippen molar-refractivity contribution in [3.8, 4) is 0 Å². The molecule has 2 aliphatic rings. The summed E-state index contributed by atoms with van der Waals surface area (Å²) in [6, 6.07) is 0.728. The highest BCUT2D eigenvalue weighted by molar-refractivity contribution is 5.67. The Morgan fingerprint density at radius 3 is 2.79 bits per heavy atom. The molecule has 19 heavy (non-hydrogen) atoms. The van der Waals surface area contributed by atoms with E-state index in [1.165, 1.54) is 32.1 Å². The van der Waals surface area contributed by atoms with Crippen molar-refractivity contribution < 1.29 is 9.53 Å². The number of rotatable bonds is 2. The van der Waals surface area contributed by atoms with Crippen LogP contribution in [0.3, 0.4) is 0 Å². The number of piperidine rings is 1. The van der Waals surface area contributed by atoms with Gasteiger partial charge < -0.3 is 15.4 Å². The van der Waals surface area contributed by atoms with Crippen molar-refractivity contribution in [3.63, 3.8) is 0 Å². The number of carbonyl (C=O) groups is 1. The van der Waals surface area contributed by atoms with Gasteiger partial charge in [-0.3, -0.25) is 0 Å². The summed E-state index contributed by atoms with van der Waals surface area (Å²) < 4.78 is 5.26. The Kier molecular flexibility index (Phi) is 4.71. The zero-order valence-corrected chi connectivity index (χ0v) is 12.5. The number of alkyl carbamates (subject to hydrolysis) is 1. The van der Waals surface area contributed by atoms with Crippen LogP contribution in [-0.2, 0) is 4.74 Å². The minimum Gasteiger partial charge on any atom is -0.444 e. The Morgan fingerprint density at radius 1 is 1.32 bits per heavy atom. The first-order valence-corrected chi connectivity index (χ1v) is 7.64. The minimum atomic E-state index is -0.413. The number of ether oxygens (including phenoxy) is 1. The summed E-state index contributed by atoms with van der Waals surface area (Å²) in [6.45, 7) is 7.42. The molecule has 0 aromatic heterocycles. The predicted molar refractivity (Wildman–Crippen MR) is 76.1 cm³/mol. The quantitative estimate of drug-likeness (QED) is 0.809. The lowest BCUT2D eigenvalue weighted by Gasteiger charge is -2.40. The summed E-state index contributed by atoms with van der Waals surface area (Å²) in [5.41, 5.74) is -0.413. The first kappa shape index (κ1) is 14.6. The van der Waals surface area contributed by atoms with E-state index in [0.717, 1.165) is 25.0 Å². The molecule has 0 radical (unpaired) electrons. The van der Waals surface area contributed by atoms with E-state index < -0.39 is 5.60 Å². The molecule has 4 nitrogen and oxygen atoms in total. The van der Waals surface area contributed by atoms with Crippen LogP contribution >= 0.6 is 0 Å². The summed E-state index contributed by atoms with van der Waals surface area (Å²) in [6.07, 6.45) is 6.37. The first-order chi connectivity index (χ1) is 8.94. The van der Waals surface area contributed by atoms with Gasteiger partial charge in [-0.25, -0.2) is 4.79 Å². The van der Waals surface area contributed by atoms with E-state index in [9.17, 15) is 4.79 Å². The molecule has 1 saturated carbocycles. The van der Waals surface area contributed by atoms with Crippen molar-refractivity contribution in [2.24, 2.45) is 11.8 Å². The lowest BCUT2D eigenvalue weighted by Crippen LogP contribution is -2.49. The van der Waals surface area contributed by atoms with Gasteiger partial charge in [0.2, 0.25) is 0 Å². The van der Waals surface area contributed by atoms with E-state index in [2.05, 4.69) is 10.6 Å². The molecule has 0 aromatic carbocycles. The van der Waals surface area contributed by atoms with Gasteiger partial charge in [0.25, 0.3) is 0 Å². The van der Waals surface area contributed by atoms with Crippen molar-refractivity contribution in [2.75, 3.05) is 13.1 Å². The fraction of sp³-hybridized carbons (Fsp3) is 0.933. The van der Waals surface area contributed by atoms with Crippen molar-refractivity contribution in [3.05, 3.63) is 0 Å². The maximum Gasteiger partial charge on any atom is 0.407 e. The van der Waals surface area contributed by atoms with Gasteiger partial charge in [-0.2, -0.15) is 0 Å². The number of carbonyl (C=O) groups excluding carboxylic acids is 1. The Balaban J connectivity index is 1.70. The number of hydrogen-bond acceptors (Lipinski definition) is 3. The molecule has 2 N–H and O–H groups in total. The molecular weight excluding hydrogens is 240 g/mol. The second kappa shape index (κ2) is 6.12. The first-order valence-electron chi connectivity index (χ1n) is 7.64. The highest BCUT2D eigenvalue weighted by Gasteiger charge is 2.32. The van der Waals surface area contributed by atoms with Gasteiger partial charge in [0.05, 0.1) is 0 Å². The zero-order chi connectivity index (χ0) is 13.9. The summed E-state index contributed by atoms with van der Waals surface area (Å²) in [7, 11) is 0. The third-order valence-electron chi connectivity index (χ3n) is 4.15. The molecule has 4 heteroatoms. The minimum absolute atomic E-state index is 0.293. The monoisotopic (exact) mass is 268 g/mol. The standard InChI is InChI=1S/C15H28N2O2/c1-15(2,3)19-14(18)17-10-11-8-12-6-4-5-7-13(12)16-9-11/h11-13,16H,4-10H2,1-3H3,(H,17,18)/t11-,12-,13-/m0/s1. The van der Waals surface area contributed by atoms with Crippen molar-refractivity contribution in [1.82, 2.24) is 10.6 Å². The number of amides is 1. The molecule has 1 saturated heterocycles. The van der Waals surface area contributed by atoms with Crippen LogP contribution in [0.5, 0.6) is 0 Å². The number of nitrogens with one attached hydrogen (secondary N) is 2. The maximum absolute atomic E-state index is 11.6. The average molecular weight is 268 g/mol. The smallest absolute Gasteiger partial charge is 0.407 e. The summed E-state index contributed by atoms with van der Waals surface area (Å²) in [5.74, 6) is 1.36. The third-order valence-corrected chi connectivity index (χ3v) is 4.15. The SMILES string of the molecule is CC(C)(C)OC(=O)NC[C@@H]1CN[C@H]2CCCC[C@H]2C1. The van der Waals surface area contributed by atoms with Gasteiger partial charge in [-0.05, 0) is 58.4 Å². The Morgan fingerprint density at radius 2 is 2.05 bits per heavy atom. The molecule has 0 unspecified atom stereocenters. The zero-order valence-electron chi connectivity index (χ0n) is 12.5. The van der Waals surface area contributed by atoms with Gasteiger partial charge in [-0.1, -0.05) is 12.8 Å². The van der Waals surface area contributed by atoms with Crippen LogP contribution in [0.1, 0.15) is 52.9 Å². The maximum atomic E-state index is 11.6. The number of hydrogen-bond donors (Lipinski definition) is 2. The average Bonchev–Trinajstić information content (AvgIpc) is 2.34. The second-order valence-corrected chi connectivity index (χ2v) is 7.04. The fourth-order valence-electron chi connectivity index (χ4n) is 3.29. The van der Waals surface area contributed by atoms with E-state index in [4.69, 9.17) is 4.74 Å². The molecule has 110 valence electrons. The third kappa shape index (κ3) is 4.68. The van der Waals surface area contributed by atoms with Crippen LogP contribution in [-0.4, -0.2) is 30.8 Å². The summed E-state index contributed by atoms with van der Waals surface area (Å²) in [4.78, 5) is 11.6. The van der Waals surface area contributed by atoms with Crippen LogP contribution in [0.4, 0.5) is 4.79 Å². The second-order valence-electron chi connectivity index (χ2n) is 7.04. The van der Waals surface area contributed by atoms with E-state index >= 15 is 0 Å². The van der Waals surface area contributed by atoms with Crippen molar-refractivity contribution in [2.45, 2.75) is 64.5 Å². The van der Waals surface area contributed by atoms with Gasteiger partial charge >= 0.3 is 6.09 Å². The van der Waals surface area contributed by atoms with Gasteiger partial charge in [0.1, 0.15) is 5.60 Å². The van der Waals surface area contributed by atoms with Crippen LogP contribution in [0.15, 0.2) is 0 Å².